The molecule has 0 spiro atoms. The summed E-state index contributed by atoms with van der Waals surface area (Å²) < 4.78 is 5.02. The van der Waals surface area contributed by atoms with Gasteiger partial charge in [0.05, 0.1) is 23.5 Å². The molecule has 2 aliphatic rings. The third-order valence-corrected chi connectivity index (χ3v) is 7.09. The van der Waals surface area contributed by atoms with Crippen molar-refractivity contribution in [2.45, 2.75) is 11.7 Å². The van der Waals surface area contributed by atoms with Gasteiger partial charge in [-0.15, -0.1) is 11.8 Å². The van der Waals surface area contributed by atoms with Crippen molar-refractivity contribution in [2.24, 2.45) is 0 Å². The fourth-order valence-corrected chi connectivity index (χ4v) is 5.20. The molecule has 1 atom stereocenters. The molecule has 2 aliphatic heterocycles. The Labute approximate surface area is 186 Å². The second-order valence-electron chi connectivity index (χ2n) is 6.44. The lowest BCUT2D eigenvalue weighted by Gasteiger charge is -2.18. The molecule has 2 saturated heterocycles. The summed E-state index contributed by atoms with van der Waals surface area (Å²) in [5, 5.41) is 8.42. The summed E-state index contributed by atoms with van der Waals surface area (Å²) >= 11 is 7.64. The maximum Gasteiger partial charge on any atom is 0.337 e. The number of ether oxygens (including phenoxy) is 1. The van der Waals surface area contributed by atoms with Gasteiger partial charge in [-0.05, 0) is 23.8 Å². The average Bonchev–Trinajstić information content (AvgIpc) is 3.32. The van der Waals surface area contributed by atoms with Crippen LogP contribution in [0.1, 0.15) is 22.3 Å². The van der Waals surface area contributed by atoms with Crippen molar-refractivity contribution in [1.29, 1.82) is 0 Å². The van der Waals surface area contributed by atoms with E-state index in [0.29, 0.717) is 20.7 Å². The Morgan fingerprint density at radius 3 is 2.60 bits per heavy atom. The number of carbonyl (C=O) groups is 4. The Morgan fingerprint density at radius 1 is 1.30 bits per heavy atom. The van der Waals surface area contributed by atoms with Crippen LogP contribution >= 0.6 is 35.7 Å². The fraction of sp³-hybridized carbons (Fsp3) is 0.316. The van der Waals surface area contributed by atoms with Crippen LogP contribution in [0.15, 0.2) is 29.2 Å². The van der Waals surface area contributed by atoms with E-state index in [1.54, 1.807) is 30.3 Å². The van der Waals surface area contributed by atoms with Crippen LogP contribution in [0.5, 0.6) is 0 Å². The molecule has 1 N–H and O–H groups in total. The van der Waals surface area contributed by atoms with Crippen LogP contribution < -0.4 is 0 Å². The first-order valence-electron chi connectivity index (χ1n) is 8.86. The number of carbonyl (C=O) groups excluding carboxylic acids is 3. The number of carboxylic acid groups (broad SMARTS) is 1. The summed E-state index contributed by atoms with van der Waals surface area (Å²) in [6, 6.07) is 6.61. The van der Waals surface area contributed by atoms with Gasteiger partial charge in [-0.1, -0.05) is 36.1 Å². The standard InChI is InChI=1S/C19H18N2O6S3/c1-27-18(26)12-4-2-11(3-5-12)8-13-16(23)21(19(28)30-13)7-6-15(22)20-9-14(17(24)25)29-10-20/h2-5,8,14H,6-7,9-10H2,1H3,(H,24,25)/b13-8-/t14-/m0/s1. The van der Waals surface area contributed by atoms with Crippen molar-refractivity contribution < 1.29 is 29.0 Å². The molecule has 0 unspecified atom stereocenters. The van der Waals surface area contributed by atoms with Crippen molar-refractivity contribution in [3.8, 4) is 0 Å². The summed E-state index contributed by atoms with van der Waals surface area (Å²) in [4.78, 5) is 50.8. The maximum atomic E-state index is 12.7. The van der Waals surface area contributed by atoms with Crippen molar-refractivity contribution in [2.75, 3.05) is 26.1 Å². The van der Waals surface area contributed by atoms with Crippen LogP contribution in [0.4, 0.5) is 0 Å². The maximum absolute atomic E-state index is 12.7. The first-order chi connectivity index (χ1) is 14.3. The third-order valence-electron chi connectivity index (χ3n) is 4.50. The van der Waals surface area contributed by atoms with Gasteiger partial charge in [0, 0.05) is 19.5 Å². The molecule has 1 aromatic carbocycles. The number of rotatable bonds is 6. The van der Waals surface area contributed by atoms with Crippen LogP contribution in [0.25, 0.3) is 6.08 Å². The Balaban J connectivity index is 1.59. The smallest absolute Gasteiger partial charge is 0.337 e. The molecule has 0 saturated carbocycles. The van der Waals surface area contributed by atoms with E-state index in [1.165, 1.54) is 28.7 Å². The van der Waals surface area contributed by atoms with Crippen LogP contribution in [0.2, 0.25) is 0 Å². The number of thioether (sulfide) groups is 2. The van der Waals surface area contributed by atoms with Gasteiger partial charge in [0.1, 0.15) is 9.57 Å². The second kappa shape index (κ2) is 9.63. The summed E-state index contributed by atoms with van der Waals surface area (Å²) in [5.74, 6) is -1.53. The predicted octanol–water partition coefficient (Wildman–Crippen LogP) is 2.05. The predicted molar refractivity (Wildman–Crippen MR) is 118 cm³/mol. The number of hydrogen-bond acceptors (Lipinski definition) is 8. The zero-order valence-corrected chi connectivity index (χ0v) is 18.3. The SMILES string of the molecule is COC(=O)c1ccc(/C=C2\SC(=S)N(CCC(=O)N3CS[C@H](C(=O)O)C3)C2=O)cc1. The number of thiocarbonyl (C=S) groups is 1. The normalized spacial score (nSPS) is 20.2. The van der Waals surface area contributed by atoms with Gasteiger partial charge < -0.3 is 14.7 Å². The van der Waals surface area contributed by atoms with E-state index in [1.807, 2.05) is 0 Å². The highest BCUT2D eigenvalue weighted by molar-refractivity contribution is 8.26. The van der Waals surface area contributed by atoms with E-state index in [-0.39, 0.29) is 31.3 Å². The molecule has 0 bridgehead atoms. The summed E-state index contributed by atoms with van der Waals surface area (Å²) in [6.07, 6.45) is 1.75. The highest BCUT2D eigenvalue weighted by Gasteiger charge is 2.34. The number of esters is 1. The second-order valence-corrected chi connectivity index (χ2v) is 9.27. The zero-order chi connectivity index (χ0) is 21.8. The van der Waals surface area contributed by atoms with E-state index in [9.17, 15) is 19.2 Å². The number of nitrogens with zero attached hydrogens (tertiary/aromatic N) is 2. The number of aliphatic carboxylic acids is 1. The molecule has 8 nitrogen and oxygen atoms in total. The van der Waals surface area contributed by atoms with E-state index in [4.69, 9.17) is 17.3 Å². The monoisotopic (exact) mass is 466 g/mol. The first-order valence-corrected chi connectivity index (χ1v) is 11.1. The molecule has 1 aromatic rings. The highest BCUT2D eigenvalue weighted by Crippen LogP contribution is 2.33. The minimum absolute atomic E-state index is 0.0699. The van der Waals surface area contributed by atoms with Gasteiger partial charge in [-0.2, -0.15) is 0 Å². The molecule has 2 amide bonds. The van der Waals surface area contributed by atoms with Gasteiger partial charge in [0.25, 0.3) is 5.91 Å². The van der Waals surface area contributed by atoms with Crippen molar-refractivity contribution in [3.63, 3.8) is 0 Å². The van der Waals surface area contributed by atoms with Gasteiger partial charge in [-0.25, -0.2) is 4.79 Å². The van der Waals surface area contributed by atoms with Gasteiger partial charge in [-0.3, -0.25) is 19.3 Å². The number of benzene rings is 1. The Kier molecular flexibility index (Phi) is 7.16. The largest absolute Gasteiger partial charge is 0.480 e. The highest BCUT2D eigenvalue weighted by atomic mass is 32.2. The van der Waals surface area contributed by atoms with Crippen LogP contribution in [-0.2, 0) is 19.1 Å². The van der Waals surface area contributed by atoms with E-state index < -0.39 is 17.2 Å². The minimum Gasteiger partial charge on any atom is -0.480 e. The number of carboxylic acids is 1. The molecule has 2 heterocycles. The average molecular weight is 467 g/mol. The third kappa shape index (κ3) is 5.02. The lowest BCUT2D eigenvalue weighted by atomic mass is 10.1. The Bertz CT molecular complexity index is 931. The van der Waals surface area contributed by atoms with Gasteiger partial charge in [0.2, 0.25) is 5.91 Å². The van der Waals surface area contributed by atoms with E-state index in [2.05, 4.69) is 4.74 Å². The molecule has 0 aliphatic carbocycles. The van der Waals surface area contributed by atoms with E-state index >= 15 is 0 Å². The molecule has 0 aromatic heterocycles. The zero-order valence-electron chi connectivity index (χ0n) is 15.9. The summed E-state index contributed by atoms with van der Waals surface area (Å²) in [7, 11) is 1.30. The Hall–Kier alpha value is -2.37. The number of hydrogen-bond donors (Lipinski definition) is 1. The quantitative estimate of drug-likeness (QED) is 0.383. The molecular weight excluding hydrogens is 448 g/mol. The number of amides is 2. The molecule has 3 rings (SSSR count). The molecule has 11 heteroatoms. The summed E-state index contributed by atoms with van der Waals surface area (Å²) in [5.41, 5.74) is 1.14. The van der Waals surface area contributed by atoms with Crippen molar-refractivity contribution >= 4 is 69.9 Å². The van der Waals surface area contributed by atoms with Crippen molar-refractivity contribution in [1.82, 2.24) is 9.80 Å². The lowest BCUT2D eigenvalue weighted by Crippen LogP contribution is -2.36. The molecule has 30 heavy (non-hydrogen) atoms. The lowest BCUT2D eigenvalue weighted by molar-refractivity contribution is -0.137. The van der Waals surface area contributed by atoms with Crippen LogP contribution in [0.3, 0.4) is 0 Å². The van der Waals surface area contributed by atoms with Gasteiger partial charge in [0.15, 0.2) is 0 Å². The van der Waals surface area contributed by atoms with Crippen molar-refractivity contribution in [3.05, 3.63) is 40.3 Å². The molecular formula is C19H18N2O6S3. The topological polar surface area (TPSA) is 104 Å². The van der Waals surface area contributed by atoms with Crippen LogP contribution in [0, 0.1) is 0 Å². The molecule has 158 valence electrons. The Morgan fingerprint density at radius 2 is 2.00 bits per heavy atom. The molecule has 0 radical (unpaired) electrons. The van der Waals surface area contributed by atoms with Gasteiger partial charge >= 0.3 is 11.9 Å². The fourth-order valence-electron chi connectivity index (χ4n) is 2.85. The van der Waals surface area contributed by atoms with Crippen LogP contribution in [-0.4, -0.2) is 74.3 Å². The minimum atomic E-state index is -0.933. The first kappa shape index (κ1) is 22.3. The summed E-state index contributed by atoms with van der Waals surface area (Å²) in [6.45, 7) is 0.305. The van der Waals surface area contributed by atoms with E-state index in [0.717, 1.165) is 17.3 Å². The molecule has 2 fully saturated rings. The number of methoxy groups -OCH3 is 1.